The molecule has 0 bridgehead atoms. The van der Waals surface area contributed by atoms with Crippen LogP contribution in [0.25, 0.3) is 10.6 Å². The lowest BCUT2D eigenvalue weighted by atomic mass is 10.1. The van der Waals surface area contributed by atoms with Crippen LogP contribution in [0.2, 0.25) is 5.02 Å². The van der Waals surface area contributed by atoms with E-state index in [-0.39, 0.29) is 0 Å². The first-order valence-corrected chi connectivity index (χ1v) is 14.0. The number of aromatic nitrogens is 3. The lowest BCUT2D eigenvalue weighted by Gasteiger charge is -2.23. The van der Waals surface area contributed by atoms with Gasteiger partial charge in [-0.15, -0.1) is 16.1 Å². The lowest BCUT2D eigenvalue weighted by molar-refractivity contribution is 0.467. The highest BCUT2D eigenvalue weighted by Crippen LogP contribution is 2.35. The normalized spacial score (nSPS) is 16.4. The van der Waals surface area contributed by atoms with Gasteiger partial charge >= 0.3 is 0 Å². The van der Waals surface area contributed by atoms with Crippen molar-refractivity contribution in [2.24, 2.45) is 0 Å². The first kappa shape index (κ1) is 24.9. The fourth-order valence-electron chi connectivity index (χ4n) is 3.84. The van der Waals surface area contributed by atoms with E-state index in [9.17, 15) is 4.55 Å². The van der Waals surface area contributed by atoms with Gasteiger partial charge in [0.2, 0.25) is 11.8 Å². The maximum atomic E-state index is 12.6. The molecule has 5 rings (SSSR count). The molecule has 11 heteroatoms. The van der Waals surface area contributed by atoms with Crippen LogP contribution in [0.5, 0.6) is 11.6 Å². The van der Waals surface area contributed by atoms with Crippen molar-refractivity contribution in [3.63, 3.8) is 0 Å². The molecule has 4 aromatic rings. The molecule has 8 nitrogen and oxygen atoms in total. The minimum absolute atomic E-state index is 0.315. The van der Waals surface area contributed by atoms with Crippen molar-refractivity contribution < 1.29 is 9.29 Å². The van der Waals surface area contributed by atoms with Gasteiger partial charge in [-0.1, -0.05) is 35.9 Å². The van der Waals surface area contributed by atoms with Gasteiger partial charge in [0, 0.05) is 18.8 Å². The topological polar surface area (TPSA) is 107 Å². The van der Waals surface area contributed by atoms with Gasteiger partial charge in [0.25, 0.3) is 0 Å². The van der Waals surface area contributed by atoms with Crippen LogP contribution < -0.4 is 20.1 Å². The molecular formula is C25H25ClN6O2S2. The number of nitrogens with zero attached hydrogens (tertiary/aromatic N) is 3. The molecule has 186 valence electrons. The van der Waals surface area contributed by atoms with Crippen molar-refractivity contribution in [3.05, 3.63) is 76.9 Å². The monoisotopic (exact) mass is 540 g/mol. The average molecular weight is 541 g/mol. The molecule has 0 amide bonds. The fourth-order valence-corrected chi connectivity index (χ4v) is 5.77. The van der Waals surface area contributed by atoms with Gasteiger partial charge in [-0.2, -0.15) is 0 Å². The summed E-state index contributed by atoms with van der Waals surface area (Å²) in [5.74, 6) is 1.71. The number of nitrogens with one attached hydrogen (secondary N) is 3. The van der Waals surface area contributed by atoms with Crippen molar-refractivity contribution >= 4 is 40.2 Å². The first-order valence-electron chi connectivity index (χ1n) is 11.6. The van der Waals surface area contributed by atoms with Crippen LogP contribution in [0.3, 0.4) is 0 Å². The predicted octanol–water partition coefficient (Wildman–Crippen LogP) is 5.02. The smallest absolute Gasteiger partial charge is 0.239 e. The van der Waals surface area contributed by atoms with E-state index in [1.807, 2.05) is 42.5 Å². The Kier molecular flexibility index (Phi) is 8.32. The molecular weight excluding hydrogens is 516 g/mol. The Bertz CT molecular complexity index is 1300. The molecule has 3 heterocycles. The average Bonchev–Trinajstić information content (AvgIpc) is 3.37. The highest BCUT2D eigenvalue weighted by atomic mass is 35.5. The van der Waals surface area contributed by atoms with E-state index in [0.29, 0.717) is 40.1 Å². The number of anilines is 1. The van der Waals surface area contributed by atoms with E-state index in [1.54, 1.807) is 23.8 Å². The fraction of sp³-hybridized carbons (Fsp3) is 0.240. The Labute approximate surface area is 221 Å². The zero-order valence-corrected chi connectivity index (χ0v) is 21.7. The Morgan fingerprint density at radius 2 is 2.08 bits per heavy atom. The lowest BCUT2D eigenvalue weighted by Crippen LogP contribution is -2.38. The van der Waals surface area contributed by atoms with Crippen molar-refractivity contribution in [2.45, 2.75) is 30.3 Å². The SMILES string of the molecule is [O-][S+](NCc1cccc(Oc2ncsc2-c2ccnc(NC3CCCNC3)n2)c1)c1ccccc1Cl. The highest BCUT2D eigenvalue weighted by Gasteiger charge is 2.18. The minimum Gasteiger partial charge on any atom is -0.593 e. The van der Waals surface area contributed by atoms with Crippen LogP contribution in [-0.4, -0.2) is 38.6 Å². The summed E-state index contributed by atoms with van der Waals surface area (Å²) in [7, 11) is 0. The minimum atomic E-state index is -1.43. The number of hydrogen-bond donors (Lipinski definition) is 3. The Morgan fingerprint density at radius 3 is 2.94 bits per heavy atom. The molecule has 0 saturated carbocycles. The van der Waals surface area contributed by atoms with Crippen LogP contribution in [-0.2, 0) is 17.9 Å². The molecule has 0 aliphatic carbocycles. The summed E-state index contributed by atoms with van der Waals surface area (Å²) in [5.41, 5.74) is 3.41. The Hall–Kier alpha value is -2.73. The van der Waals surface area contributed by atoms with Crippen molar-refractivity contribution in [2.75, 3.05) is 18.4 Å². The van der Waals surface area contributed by atoms with Crippen molar-refractivity contribution in [1.82, 2.24) is 25.0 Å². The van der Waals surface area contributed by atoms with Gasteiger partial charge in [-0.3, -0.25) is 0 Å². The van der Waals surface area contributed by atoms with Gasteiger partial charge in [0.1, 0.15) is 10.6 Å². The van der Waals surface area contributed by atoms with Crippen LogP contribution in [0.4, 0.5) is 5.95 Å². The standard InChI is InChI=1S/C25H25ClN6O2S2/c26-20-8-1-2-9-22(20)36(33)30-14-17-5-3-7-19(13-17)34-24-23(35-16-29-24)21-10-12-28-25(32-21)31-18-6-4-11-27-15-18/h1-3,5,7-10,12-13,16,18,27,30H,4,6,11,14-15H2,(H,28,31,32). The third-order valence-corrected chi connectivity index (χ3v) is 8.04. The van der Waals surface area contributed by atoms with Gasteiger partial charge in [0.15, 0.2) is 4.90 Å². The zero-order valence-electron chi connectivity index (χ0n) is 19.3. The number of benzene rings is 2. The molecule has 3 N–H and O–H groups in total. The summed E-state index contributed by atoms with van der Waals surface area (Å²) >= 11 is 6.19. The Morgan fingerprint density at radius 1 is 1.17 bits per heavy atom. The summed E-state index contributed by atoms with van der Waals surface area (Å²) in [4.78, 5) is 14.9. The van der Waals surface area contributed by atoms with Crippen LogP contribution >= 0.6 is 22.9 Å². The second-order valence-electron chi connectivity index (χ2n) is 8.21. The van der Waals surface area contributed by atoms with Gasteiger partial charge < -0.3 is 19.9 Å². The molecule has 1 aliphatic heterocycles. The molecule has 36 heavy (non-hydrogen) atoms. The molecule has 2 aromatic heterocycles. The quantitative estimate of drug-likeness (QED) is 0.254. The van der Waals surface area contributed by atoms with Crippen molar-refractivity contribution in [1.29, 1.82) is 0 Å². The second-order valence-corrected chi connectivity index (χ2v) is 10.7. The summed E-state index contributed by atoms with van der Waals surface area (Å²) in [6.45, 7) is 2.34. The van der Waals surface area contributed by atoms with E-state index in [1.165, 1.54) is 11.3 Å². The third-order valence-electron chi connectivity index (χ3n) is 5.61. The number of piperidine rings is 1. The maximum Gasteiger partial charge on any atom is 0.239 e. The highest BCUT2D eigenvalue weighted by molar-refractivity contribution is 7.89. The summed E-state index contributed by atoms with van der Waals surface area (Å²) in [6, 6.07) is 16.8. The Balaban J connectivity index is 1.25. The van der Waals surface area contributed by atoms with Crippen LogP contribution in [0, 0.1) is 0 Å². The summed E-state index contributed by atoms with van der Waals surface area (Å²) in [5, 5.41) is 7.28. The van der Waals surface area contributed by atoms with Gasteiger partial charge in [-0.25, -0.2) is 15.0 Å². The van der Waals surface area contributed by atoms with E-state index in [0.717, 1.165) is 42.1 Å². The number of thiazole rings is 1. The van der Waals surface area contributed by atoms with Gasteiger partial charge in [-0.05, 0) is 55.3 Å². The third kappa shape index (κ3) is 6.33. The first-order chi connectivity index (χ1) is 17.7. The van der Waals surface area contributed by atoms with E-state index in [4.69, 9.17) is 21.3 Å². The molecule has 2 atom stereocenters. The molecule has 1 fully saturated rings. The van der Waals surface area contributed by atoms with Crippen LogP contribution in [0.1, 0.15) is 18.4 Å². The van der Waals surface area contributed by atoms with E-state index < -0.39 is 11.4 Å². The number of halogens is 1. The predicted molar refractivity (Wildman–Crippen MR) is 144 cm³/mol. The van der Waals surface area contributed by atoms with Gasteiger partial charge in [0.05, 0.1) is 34.1 Å². The van der Waals surface area contributed by atoms with Crippen molar-refractivity contribution in [3.8, 4) is 22.2 Å². The molecule has 0 radical (unpaired) electrons. The number of ether oxygens (including phenoxy) is 1. The maximum absolute atomic E-state index is 12.6. The number of rotatable bonds is 9. The molecule has 2 unspecified atom stereocenters. The molecule has 0 spiro atoms. The van der Waals surface area contributed by atoms with Crippen LogP contribution in [0.15, 0.2) is 71.2 Å². The molecule has 1 saturated heterocycles. The zero-order chi connectivity index (χ0) is 24.7. The summed E-state index contributed by atoms with van der Waals surface area (Å²) in [6.07, 6.45) is 3.97. The largest absolute Gasteiger partial charge is 0.593 e. The van der Waals surface area contributed by atoms with E-state index >= 15 is 0 Å². The summed E-state index contributed by atoms with van der Waals surface area (Å²) < 4.78 is 21.7. The second kappa shape index (κ2) is 12.0. The van der Waals surface area contributed by atoms with E-state index in [2.05, 4.69) is 25.3 Å². The molecule has 1 aliphatic rings. The molecule has 2 aromatic carbocycles. The number of hydrogen-bond acceptors (Lipinski definition) is 9.